The van der Waals surface area contributed by atoms with Crippen molar-refractivity contribution >= 4 is 16.7 Å². The third kappa shape index (κ3) is 2.21. The Morgan fingerprint density at radius 1 is 1.00 bits per heavy atom. The van der Waals surface area contributed by atoms with Gasteiger partial charge in [-0.1, -0.05) is 6.42 Å². The summed E-state index contributed by atoms with van der Waals surface area (Å²) in [5.41, 5.74) is 0.689. The summed E-state index contributed by atoms with van der Waals surface area (Å²) in [6.45, 7) is 4.64. The van der Waals surface area contributed by atoms with Gasteiger partial charge in [0.2, 0.25) is 0 Å². The van der Waals surface area contributed by atoms with Crippen molar-refractivity contribution in [2.24, 2.45) is 11.8 Å². The first-order valence-electron chi connectivity index (χ1n) is 8.67. The van der Waals surface area contributed by atoms with Crippen LogP contribution in [0.1, 0.15) is 19.3 Å². The smallest absolute Gasteiger partial charge is 0.139 e. The van der Waals surface area contributed by atoms with E-state index in [1.165, 1.54) is 44.5 Å². The summed E-state index contributed by atoms with van der Waals surface area (Å²) in [6.07, 6.45) is 5.84. The Morgan fingerprint density at radius 2 is 1.78 bits per heavy atom. The van der Waals surface area contributed by atoms with Gasteiger partial charge in [0.1, 0.15) is 18.0 Å². The molecule has 1 aliphatic carbocycles. The molecule has 5 rings (SSSR count). The van der Waals surface area contributed by atoms with Crippen molar-refractivity contribution in [3.8, 4) is 0 Å². The van der Waals surface area contributed by atoms with Crippen molar-refractivity contribution in [1.82, 2.24) is 14.9 Å². The maximum Gasteiger partial charge on any atom is 0.139 e. The number of halogens is 1. The van der Waals surface area contributed by atoms with Crippen LogP contribution in [-0.2, 0) is 0 Å². The molecule has 2 aliphatic heterocycles. The molecule has 3 aliphatic rings. The lowest BCUT2D eigenvalue weighted by Gasteiger charge is -2.45. The Balaban J connectivity index is 1.32. The van der Waals surface area contributed by atoms with Gasteiger partial charge in [0.15, 0.2) is 0 Å². The Bertz CT molecular complexity index is 731. The predicted octanol–water partition coefficient (Wildman–Crippen LogP) is 2.69. The quantitative estimate of drug-likeness (QED) is 0.853. The molecule has 4 nitrogen and oxygen atoms in total. The highest BCUT2D eigenvalue weighted by Gasteiger charge is 2.42. The van der Waals surface area contributed by atoms with Crippen molar-refractivity contribution in [1.29, 1.82) is 0 Å². The summed E-state index contributed by atoms with van der Waals surface area (Å²) >= 11 is 0. The molecular weight excluding hydrogens is 291 g/mol. The fraction of sp³-hybridized carbons (Fsp3) is 0.556. The van der Waals surface area contributed by atoms with Gasteiger partial charge in [0, 0.05) is 43.7 Å². The molecule has 0 N–H and O–H groups in total. The lowest BCUT2D eigenvalue weighted by molar-refractivity contribution is 0.190. The number of hydrogen-bond donors (Lipinski definition) is 0. The van der Waals surface area contributed by atoms with E-state index in [9.17, 15) is 4.39 Å². The molecule has 0 spiro atoms. The predicted molar refractivity (Wildman–Crippen MR) is 87.9 cm³/mol. The largest absolute Gasteiger partial charge is 0.353 e. The van der Waals surface area contributed by atoms with Crippen molar-refractivity contribution in [3.63, 3.8) is 0 Å². The van der Waals surface area contributed by atoms with E-state index in [1.54, 1.807) is 12.4 Å². The Labute approximate surface area is 135 Å². The molecule has 120 valence electrons. The summed E-state index contributed by atoms with van der Waals surface area (Å²) < 4.78 is 13.4. The van der Waals surface area contributed by atoms with Gasteiger partial charge in [-0.3, -0.25) is 4.90 Å². The van der Waals surface area contributed by atoms with Crippen LogP contribution in [0, 0.1) is 17.7 Å². The minimum atomic E-state index is -0.243. The van der Waals surface area contributed by atoms with Crippen LogP contribution < -0.4 is 4.90 Å². The number of hydrogen-bond acceptors (Lipinski definition) is 4. The minimum absolute atomic E-state index is 0.243. The van der Waals surface area contributed by atoms with Gasteiger partial charge < -0.3 is 4.90 Å². The van der Waals surface area contributed by atoms with Crippen molar-refractivity contribution in [2.45, 2.75) is 25.3 Å². The number of fused-ring (bicyclic) bond motifs is 2. The van der Waals surface area contributed by atoms with E-state index in [0.717, 1.165) is 36.1 Å². The zero-order valence-electron chi connectivity index (χ0n) is 13.2. The second-order valence-electron chi connectivity index (χ2n) is 7.32. The van der Waals surface area contributed by atoms with Gasteiger partial charge in [-0.25, -0.2) is 14.4 Å². The van der Waals surface area contributed by atoms with Crippen LogP contribution in [0.15, 0.2) is 24.5 Å². The third-order valence-electron chi connectivity index (χ3n) is 6.01. The highest BCUT2D eigenvalue weighted by molar-refractivity contribution is 5.89. The van der Waals surface area contributed by atoms with E-state index in [2.05, 4.69) is 19.8 Å². The molecule has 23 heavy (non-hydrogen) atoms. The summed E-state index contributed by atoms with van der Waals surface area (Å²) in [7, 11) is 0. The molecule has 2 aromatic rings. The molecule has 3 fully saturated rings. The topological polar surface area (TPSA) is 32.3 Å². The molecule has 0 bridgehead atoms. The minimum Gasteiger partial charge on any atom is -0.353 e. The average molecular weight is 312 g/mol. The van der Waals surface area contributed by atoms with Gasteiger partial charge in [0.05, 0.1) is 5.52 Å². The lowest BCUT2D eigenvalue weighted by atomic mass is 10.0. The summed E-state index contributed by atoms with van der Waals surface area (Å²) in [5, 5.41) is 0.950. The highest BCUT2D eigenvalue weighted by atomic mass is 19.1. The second kappa shape index (κ2) is 5.13. The van der Waals surface area contributed by atoms with E-state index in [0.29, 0.717) is 11.6 Å². The Hall–Kier alpha value is -1.75. The van der Waals surface area contributed by atoms with E-state index in [4.69, 9.17) is 0 Å². The first-order valence-corrected chi connectivity index (χ1v) is 8.67. The number of benzene rings is 1. The van der Waals surface area contributed by atoms with Crippen molar-refractivity contribution < 1.29 is 4.39 Å². The van der Waals surface area contributed by atoms with Gasteiger partial charge in [-0.05, 0) is 36.8 Å². The number of rotatable bonds is 2. The fourth-order valence-electron chi connectivity index (χ4n) is 4.70. The second-order valence-corrected chi connectivity index (χ2v) is 7.32. The average Bonchev–Trinajstić information content (AvgIpc) is 3.07. The van der Waals surface area contributed by atoms with Crippen LogP contribution in [-0.4, -0.2) is 47.1 Å². The van der Waals surface area contributed by atoms with E-state index < -0.39 is 0 Å². The van der Waals surface area contributed by atoms with Crippen LogP contribution in [0.25, 0.3) is 10.9 Å². The Morgan fingerprint density at radius 3 is 2.57 bits per heavy atom. The van der Waals surface area contributed by atoms with Crippen LogP contribution in [0.3, 0.4) is 0 Å². The zero-order valence-corrected chi connectivity index (χ0v) is 13.2. The molecule has 1 saturated carbocycles. The van der Waals surface area contributed by atoms with Crippen LogP contribution in [0.2, 0.25) is 0 Å². The first kappa shape index (κ1) is 13.7. The molecule has 0 amide bonds. The highest BCUT2D eigenvalue weighted by Crippen LogP contribution is 2.40. The number of nitrogens with zero attached hydrogens (tertiary/aromatic N) is 4. The van der Waals surface area contributed by atoms with Crippen molar-refractivity contribution in [2.75, 3.05) is 31.1 Å². The number of anilines is 1. The number of aromatic nitrogens is 2. The molecule has 5 heteroatoms. The Kier molecular flexibility index (Phi) is 3.05. The fourth-order valence-corrected chi connectivity index (χ4v) is 4.70. The zero-order chi connectivity index (χ0) is 15.4. The SMILES string of the molecule is Fc1ccc2c(N3CC(N4CC5CCCC5C4)C3)ncnc2c1. The standard InChI is InChI=1S/C18H21FN4/c19-14-4-5-16-17(6-14)20-11-21-18(16)23-9-15(10-23)22-7-12-2-1-3-13(12)8-22/h4-6,11-13,15H,1-3,7-10H2. The van der Waals surface area contributed by atoms with Gasteiger partial charge in [0.25, 0.3) is 0 Å². The molecule has 1 aromatic carbocycles. The van der Waals surface area contributed by atoms with Crippen molar-refractivity contribution in [3.05, 3.63) is 30.3 Å². The normalized spacial score (nSPS) is 28.3. The third-order valence-corrected chi connectivity index (χ3v) is 6.01. The van der Waals surface area contributed by atoms with E-state index in [1.807, 2.05) is 0 Å². The van der Waals surface area contributed by atoms with Crippen LogP contribution in [0.4, 0.5) is 10.2 Å². The van der Waals surface area contributed by atoms with Gasteiger partial charge in [-0.2, -0.15) is 0 Å². The van der Waals surface area contributed by atoms with E-state index >= 15 is 0 Å². The molecular formula is C18H21FN4. The first-order chi connectivity index (χ1) is 11.3. The monoisotopic (exact) mass is 312 g/mol. The van der Waals surface area contributed by atoms with Crippen LogP contribution >= 0.6 is 0 Å². The summed E-state index contributed by atoms with van der Waals surface area (Å²) in [6, 6.07) is 5.44. The summed E-state index contributed by atoms with van der Waals surface area (Å²) in [4.78, 5) is 13.6. The van der Waals surface area contributed by atoms with Crippen LogP contribution in [0.5, 0.6) is 0 Å². The van der Waals surface area contributed by atoms with Gasteiger partial charge in [-0.15, -0.1) is 0 Å². The van der Waals surface area contributed by atoms with Gasteiger partial charge >= 0.3 is 0 Å². The summed E-state index contributed by atoms with van der Waals surface area (Å²) in [5.74, 6) is 2.61. The lowest BCUT2D eigenvalue weighted by Crippen LogP contribution is -2.59. The van der Waals surface area contributed by atoms with E-state index in [-0.39, 0.29) is 5.82 Å². The maximum atomic E-state index is 13.4. The maximum absolute atomic E-state index is 13.4. The molecule has 2 unspecified atom stereocenters. The molecule has 1 aromatic heterocycles. The molecule has 0 radical (unpaired) electrons. The molecule has 2 saturated heterocycles. The number of likely N-dealkylation sites (tertiary alicyclic amines) is 1. The molecule has 3 heterocycles. The molecule has 2 atom stereocenters.